The highest BCUT2D eigenvalue weighted by molar-refractivity contribution is 7.89. The molecule has 8 nitrogen and oxygen atoms in total. The molecule has 0 heterocycles. The van der Waals surface area contributed by atoms with Crippen LogP contribution in [0.15, 0.2) is 53.4 Å². The van der Waals surface area contributed by atoms with Crippen LogP contribution in [-0.2, 0) is 19.6 Å². The maximum atomic E-state index is 12.5. The fraction of sp³-hybridized carbons (Fsp3) is 0.238. The van der Waals surface area contributed by atoms with Gasteiger partial charge in [0.2, 0.25) is 21.8 Å². The lowest BCUT2D eigenvalue weighted by atomic mass is 10.2. The molecule has 0 aromatic heterocycles. The number of likely N-dealkylation sites (N-methyl/N-ethyl adjacent to an activating group) is 1. The van der Waals surface area contributed by atoms with Crippen LogP contribution >= 0.6 is 0 Å². The van der Waals surface area contributed by atoms with Gasteiger partial charge in [0, 0.05) is 18.3 Å². The van der Waals surface area contributed by atoms with E-state index in [-0.39, 0.29) is 11.4 Å². The molecule has 0 radical (unpaired) electrons. The maximum absolute atomic E-state index is 12.5. The third-order valence-corrected chi connectivity index (χ3v) is 5.70. The smallest absolute Gasteiger partial charge is 0.243 e. The zero-order valence-corrected chi connectivity index (χ0v) is 17.7. The molecule has 9 heteroatoms. The highest BCUT2D eigenvalue weighted by Crippen LogP contribution is 2.16. The quantitative estimate of drug-likeness (QED) is 0.618. The van der Waals surface area contributed by atoms with Crippen LogP contribution in [0, 0.1) is 12.3 Å². The number of benzene rings is 2. The number of amides is 2. The fourth-order valence-electron chi connectivity index (χ4n) is 2.62. The molecule has 0 aliphatic rings. The van der Waals surface area contributed by atoms with Gasteiger partial charge in [0.05, 0.1) is 24.6 Å². The number of rotatable bonds is 8. The Morgan fingerprint density at radius 3 is 2.47 bits per heavy atom. The second kappa shape index (κ2) is 9.91. The van der Waals surface area contributed by atoms with Crippen LogP contribution in [0.1, 0.15) is 12.5 Å². The van der Waals surface area contributed by atoms with E-state index >= 15 is 0 Å². The van der Waals surface area contributed by atoms with E-state index in [1.165, 1.54) is 45.3 Å². The molecule has 1 atom stereocenters. The summed E-state index contributed by atoms with van der Waals surface area (Å²) in [5.41, 5.74) is 1.11. The van der Waals surface area contributed by atoms with Gasteiger partial charge < -0.3 is 15.0 Å². The molecule has 2 aromatic rings. The predicted molar refractivity (Wildman–Crippen MR) is 113 cm³/mol. The summed E-state index contributed by atoms with van der Waals surface area (Å²) < 4.78 is 32.3. The molecule has 0 bridgehead atoms. The number of hydrogen-bond donors (Lipinski definition) is 2. The van der Waals surface area contributed by atoms with Crippen LogP contribution in [-0.4, -0.2) is 51.9 Å². The van der Waals surface area contributed by atoms with Crippen LogP contribution in [0.5, 0.6) is 5.75 Å². The SMILES string of the molecule is C#Cc1cccc(NC(=O)CN(C)C(=O)[C@H](C)NS(=O)(=O)c2ccc(OC)cc2)c1. The van der Waals surface area contributed by atoms with Crippen molar-refractivity contribution in [3.05, 3.63) is 54.1 Å². The largest absolute Gasteiger partial charge is 0.497 e. The standard InChI is InChI=1S/C21H23N3O5S/c1-5-16-7-6-8-17(13-16)22-20(25)14-24(3)21(26)15(2)23-30(27,28)19-11-9-18(29-4)10-12-19/h1,6-13,15,23H,14H2,2-4H3,(H,22,25)/t15-/m0/s1. The molecule has 158 valence electrons. The number of hydrogen-bond acceptors (Lipinski definition) is 5. The molecule has 2 aromatic carbocycles. The maximum Gasteiger partial charge on any atom is 0.243 e. The number of methoxy groups -OCH3 is 1. The summed E-state index contributed by atoms with van der Waals surface area (Å²) in [5.74, 6) is 1.98. The second-order valence-corrected chi connectivity index (χ2v) is 8.20. The van der Waals surface area contributed by atoms with Crippen LogP contribution in [0.25, 0.3) is 0 Å². The Kier molecular flexibility index (Phi) is 7.58. The molecular weight excluding hydrogens is 406 g/mol. The number of ether oxygens (including phenoxy) is 1. The molecule has 0 saturated carbocycles. The minimum absolute atomic E-state index is 0.00302. The Labute approximate surface area is 176 Å². The summed E-state index contributed by atoms with van der Waals surface area (Å²) in [6, 6.07) is 11.4. The van der Waals surface area contributed by atoms with Crippen molar-refractivity contribution < 1.29 is 22.7 Å². The topological polar surface area (TPSA) is 105 Å². The summed E-state index contributed by atoms with van der Waals surface area (Å²) >= 11 is 0. The molecule has 2 amide bonds. The van der Waals surface area contributed by atoms with E-state index in [9.17, 15) is 18.0 Å². The van der Waals surface area contributed by atoms with Gasteiger partial charge in [-0.25, -0.2) is 8.42 Å². The van der Waals surface area contributed by atoms with Crippen molar-refractivity contribution in [3.63, 3.8) is 0 Å². The molecule has 0 fully saturated rings. The van der Waals surface area contributed by atoms with Gasteiger partial charge in [0.15, 0.2) is 0 Å². The Morgan fingerprint density at radius 1 is 1.20 bits per heavy atom. The average Bonchev–Trinajstić information content (AvgIpc) is 2.72. The van der Waals surface area contributed by atoms with E-state index in [1.807, 2.05) is 0 Å². The van der Waals surface area contributed by atoms with Crippen molar-refractivity contribution in [2.75, 3.05) is 26.0 Å². The van der Waals surface area contributed by atoms with Crippen LogP contribution in [0.3, 0.4) is 0 Å². The van der Waals surface area contributed by atoms with E-state index in [0.717, 1.165) is 4.90 Å². The van der Waals surface area contributed by atoms with E-state index in [2.05, 4.69) is 16.0 Å². The number of sulfonamides is 1. The van der Waals surface area contributed by atoms with Crippen LogP contribution in [0.4, 0.5) is 5.69 Å². The lowest BCUT2D eigenvalue weighted by molar-refractivity contribution is -0.134. The molecule has 0 aliphatic carbocycles. The van der Waals surface area contributed by atoms with Gasteiger partial charge in [-0.2, -0.15) is 4.72 Å². The van der Waals surface area contributed by atoms with Crippen molar-refractivity contribution >= 4 is 27.5 Å². The number of nitrogens with zero attached hydrogens (tertiary/aromatic N) is 1. The van der Waals surface area contributed by atoms with Crippen molar-refractivity contribution in [3.8, 4) is 18.1 Å². The molecule has 0 saturated heterocycles. The normalized spacial score (nSPS) is 11.8. The van der Waals surface area contributed by atoms with Crippen LogP contribution in [0.2, 0.25) is 0 Å². The molecule has 0 spiro atoms. The summed E-state index contributed by atoms with van der Waals surface area (Å²) in [5, 5.41) is 2.65. The van der Waals surface area contributed by atoms with Gasteiger partial charge in [0.25, 0.3) is 0 Å². The summed E-state index contributed by atoms with van der Waals surface area (Å²) in [6.07, 6.45) is 5.33. The van der Waals surface area contributed by atoms with Crippen molar-refractivity contribution in [1.29, 1.82) is 0 Å². The van der Waals surface area contributed by atoms with Gasteiger partial charge >= 0.3 is 0 Å². The number of anilines is 1. The van der Waals surface area contributed by atoms with Gasteiger partial charge in [-0.3, -0.25) is 9.59 Å². The van der Waals surface area contributed by atoms with Gasteiger partial charge in [0.1, 0.15) is 5.75 Å². The summed E-state index contributed by atoms with van der Waals surface area (Å²) in [4.78, 5) is 25.9. The second-order valence-electron chi connectivity index (χ2n) is 6.49. The first-order chi connectivity index (χ1) is 14.2. The first-order valence-corrected chi connectivity index (χ1v) is 10.4. The lowest BCUT2D eigenvalue weighted by Gasteiger charge is -2.21. The van der Waals surface area contributed by atoms with Crippen molar-refractivity contribution in [2.24, 2.45) is 0 Å². The zero-order chi connectivity index (χ0) is 22.3. The van der Waals surface area contributed by atoms with Gasteiger partial charge in [-0.15, -0.1) is 6.42 Å². The highest BCUT2D eigenvalue weighted by Gasteiger charge is 2.25. The summed E-state index contributed by atoms with van der Waals surface area (Å²) in [7, 11) is -1.03. The van der Waals surface area contributed by atoms with Gasteiger partial charge in [-0.1, -0.05) is 12.0 Å². The number of carbonyl (C=O) groups is 2. The molecule has 30 heavy (non-hydrogen) atoms. The Bertz CT molecular complexity index is 1060. The first-order valence-electron chi connectivity index (χ1n) is 8.94. The van der Waals surface area contributed by atoms with Crippen molar-refractivity contribution in [1.82, 2.24) is 9.62 Å². The highest BCUT2D eigenvalue weighted by atomic mass is 32.2. The predicted octanol–water partition coefficient (Wildman–Crippen LogP) is 1.44. The zero-order valence-electron chi connectivity index (χ0n) is 16.9. The number of carbonyl (C=O) groups excluding carboxylic acids is 2. The number of nitrogens with one attached hydrogen (secondary N) is 2. The minimum atomic E-state index is -3.92. The van der Waals surface area contributed by atoms with E-state index in [0.29, 0.717) is 17.0 Å². The van der Waals surface area contributed by atoms with Crippen molar-refractivity contribution in [2.45, 2.75) is 17.9 Å². The molecule has 2 rings (SSSR count). The van der Waals surface area contributed by atoms with E-state index < -0.39 is 27.9 Å². The minimum Gasteiger partial charge on any atom is -0.497 e. The van der Waals surface area contributed by atoms with Crippen LogP contribution < -0.4 is 14.8 Å². The lowest BCUT2D eigenvalue weighted by Crippen LogP contribution is -2.47. The Morgan fingerprint density at radius 2 is 1.87 bits per heavy atom. The first kappa shape index (κ1) is 22.9. The molecule has 2 N–H and O–H groups in total. The van der Waals surface area contributed by atoms with E-state index in [1.54, 1.807) is 24.3 Å². The molecular formula is C21H23N3O5S. The average molecular weight is 429 g/mol. The third kappa shape index (κ3) is 6.07. The molecule has 0 aliphatic heterocycles. The monoisotopic (exact) mass is 429 g/mol. The third-order valence-electron chi connectivity index (χ3n) is 4.14. The van der Waals surface area contributed by atoms with E-state index in [4.69, 9.17) is 11.2 Å². The Balaban J connectivity index is 1.97. The molecule has 0 unspecified atom stereocenters. The summed E-state index contributed by atoms with van der Waals surface area (Å²) in [6.45, 7) is 1.15. The number of terminal acetylenes is 1. The fourth-order valence-corrected chi connectivity index (χ4v) is 3.81. The Hall–Kier alpha value is -3.35. The van der Waals surface area contributed by atoms with Gasteiger partial charge in [-0.05, 0) is 49.4 Å².